The fraction of sp³-hybridized carbons (Fsp3) is 0.500. The highest BCUT2D eigenvalue weighted by atomic mass is 16.5. The first-order valence-corrected chi connectivity index (χ1v) is 7.45. The third-order valence-corrected chi connectivity index (χ3v) is 4.48. The molecular weight excluding hydrogens is 302 g/mol. The topological polar surface area (TPSA) is 94.1 Å². The van der Waals surface area contributed by atoms with E-state index in [2.05, 4.69) is 5.32 Å². The minimum atomic E-state index is -0.986. The van der Waals surface area contributed by atoms with E-state index in [1.54, 1.807) is 18.2 Å². The number of fused-ring (bicyclic) bond motifs is 2. The fourth-order valence-corrected chi connectivity index (χ4v) is 3.43. The van der Waals surface area contributed by atoms with E-state index in [1.165, 1.54) is 14.2 Å². The van der Waals surface area contributed by atoms with E-state index >= 15 is 0 Å². The van der Waals surface area contributed by atoms with E-state index in [1.807, 2.05) is 0 Å². The van der Waals surface area contributed by atoms with E-state index in [4.69, 9.17) is 14.2 Å². The quantitative estimate of drug-likeness (QED) is 0.854. The minimum absolute atomic E-state index is 0.325. The number of aliphatic carboxylic acids is 1. The summed E-state index contributed by atoms with van der Waals surface area (Å²) in [5.74, 6) is -1.72. The summed E-state index contributed by atoms with van der Waals surface area (Å²) in [7, 11) is 3.04. The number of carboxylic acids is 1. The average molecular weight is 321 g/mol. The maximum atomic E-state index is 12.6. The van der Waals surface area contributed by atoms with Gasteiger partial charge >= 0.3 is 5.97 Å². The summed E-state index contributed by atoms with van der Waals surface area (Å²) in [5.41, 5.74) is 0.498. The Hall–Kier alpha value is -2.28. The van der Waals surface area contributed by atoms with Crippen LogP contribution in [0.5, 0.6) is 11.5 Å². The van der Waals surface area contributed by atoms with Gasteiger partial charge in [-0.15, -0.1) is 0 Å². The normalized spacial score (nSPS) is 28.4. The highest BCUT2D eigenvalue weighted by Gasteiger charge is 2.55. The summed E-state index contributed by atoms with van der Waals surface area (Å²) < 4.78 is 15.9. The number of benzene rings is 1. The van der Waals surface area contributed by atoms with Crippen LogP contribution in [0.1, 0.15) is 12.8 Å². The Kier molecular flexibility index (Phi) is 4.12. The number of carbonyl (C=O) groups excluding carboxylic acids is 1. The van der Waals surface area contributed by atoms with Crippen molar-refractivity contribution in [2.24, 2.45) is 11.8 Å². The summed E-state index contributed by atoms with van der Waals surface area (Å²) in [5, 5.41) is 12.1. The lowest BCUT2D eigenvalue weighted by atomic mass is 9.78. The molecule has 2 N–H and O–H groups in total. The predicted octanol–water partition coefficient (Wildman–Crippen LogP) is 1.52. The Morgan fingerprint density at radius 3 is 2.17 bits per heavy atom. The third kappa shape index (κ3) is 2.84. The van der Waals surface area contributed by atoms with Gasteiger partial charge in [0.25, 0.3) is 0 Å². The molecule has 1 amide bonds. The number of carbonyl (C=O) groups is 2. The Labute approximate surface area is 133 Å². The molecule has 2 aliphatic rings. The third-order valence-electron chi connectivity index (χ3n) is 4.48. The molecule has 0 spiro atoms. The molecule has 0 radical (unpaired) electrons. The zero-order valence-corrected chi connectivity index (χ0v) is 12.9. The SMILES string of the molecule is COc1cc(NC(=O)[C@@H]2[C@@H](C(=O)O)[C@@H]3CC[C@H]2O3)cc(OC)c1. The van der Waals surface area contributed by atoms with E-state index in [-0.39, 0.29) is 18.1 Å². The molecule has 2 saturated heterocycles. The second-order valence-corrected chi connectivity index (χ2v) is 5.77. The molecule has 23 heavy (non-hydrogen) atoms. The summed E-state index contributed by atoms with van der Waals surface area (Å²) >= 11 is 0. The number of anilines is 1. The number of nitrogens with one attached hydrogen (secondary N) is 1. The lowest BCUT2D eigenvalue weighted by Crippen LogP contribution is -2.40. The zero-order chi connectivity index (χ0) is 16.6. The van der Waals surface area contributed by atoms with Crippen molar-refractivity contribution in [2.75, 3.05) is 19.5 Å². The van der Waals surface area contributed by atoms with Crippen LogP contribution in [0.3, 0.4) is 0 Å². The van der Waals surface area contributed by atoms with Crippen molar-refractivity contribution in [2.45, 2.75) is 25.0 Å². The first kappa shape index (κ1) is 15.6. The Bertz CT molecular complexity index is 609. The molecular formula is C16H19NO6. The van der Waals surface area contributed by atoms with Crippen LogP contribution in [0.15, 0.2) is 18.2 Å². The molecule has 0 aromatic heterocycles. The van der Waals surface area contributed by atoms with Gasteiger partial charge in [-0.3, -0.25) is 9.59 Å². The number of amides is 1. The van der Waals surface area contributed by atoms with Crippen LogP contribution in [0.4, 0.5) is 5.69 Å². The van der Waals surface area contributed by atoms with Crippen LogP contribution in [0.25, 0.3) is 0 Å². The highest BCUT2D eigenvalue weighted by Crippen LogP contribution is 2.44. The molecule has 7 nitrogen and oxygen atoms in total. The van der Waals surface area contributed by atoms with Gasteiger partial charge < -0.3 is 24.6 Å². The highest BCUT2D eigenvalue weighted by molar-refractivity contribution is 5.96. The van der Waals surface area contributed by atoms with E-state index in [0.29, 0.717) is 30.0 Å². The van der Waals surface area contributed by atoms with Crippen molar-refractivity contribution in [3.8, 4) is 11.5 Å². The van der Waals surface area contributed by atoms with Gasteiger partial charge in [-0.1, -0.05) is 0 Å². The Morgan fingerprint density at radius 2 is 1.65 bits per heavy atom. The molecule has 0 aliphatic carbocycles. The van der Waals surface area contributed by atoms with Gasteiger partial charge in [0, 0.05) is 23.9 Å². The molecule has 0 unspecified atom stereocenters. The lowest BCUT2D eigenvalue weighted by Gasteiger charge is -2.24. The molecule has 124 valence electrons. The summed E-state index contributed by atoms with van der Waals surface area (Å²) in [4.78, 5) is 24.0. The van der Waals surface area contributed by atoms with Crippen molar-refractivity contribution in [3.63, 3.8) is 0 Å². The molecule has 1 aromatic rings. The van der Waals surface area contributed by atoms with Crippen molar-refractivity contribution >= 4 is 17.6 Å². The second-order valence-electron chi connectivity index (χ2n) is 5.77. The standard InChI is InChI=1S/C16H19NO6/c1-21-9-5-8(6-10(7-9)22-2)17-15(18)13-11-3-4-12(23-11)14(13)16(19)20/h5-7,11-14H,3-4H2,1-2H3,(H,17,18)(H,19,20)/t11-,12+,13+,14+/m1/s1. The van der Waals surface area contributed by atoms with E-state index in [9.17, 15) is 14.7 Å². The predicted molar refractivity (Wildman–Crippen MR) is 80.7 cm³/mol. The van der Waals surface area contributed by atoms with Gasteiger partial charge in [0.2, 0.25) is 5.91 Å². The van der Waals surface area contributed by atoms with Crippen molar-refractivity contribution in [3.05, 3.63) is 18.2 Å². The van der Waals surface area contributed by atoms with Gasteiger partial charge in [0.1, 0.15) is 11.5 Å². The number of hydrogen-bond donors (Lipinski definition) is 2. The first-order chi connectivity index (χ1) is 11.0. The van der Waals surface area contributed by atoms with Crippen LogP contribution in [-0.4, -0.2) is 43.4 Å². The zero-order valence-electron chi connectivity index (χ0n) is 12.9. The van der Waals surface area contributed by atoms with Gasteiger partial charge in [-0.2, -0.15) is 0 Å². The van der Waals surface area contributed by atoms with Crippen LogP contribution in [0, 0.1) is 11.8 Å². The molecule has 2 aliphatic heterocycles. The lowest BCUT2D eigenvalue weighted by molar-refractivity contribution is -0.147. The van der Waals surface area contributed by atoms with Gasteiger partial charge in [-0.25, -0.2) is 0 Å². The Morgan fingerprint density at radius 1 is 1.09 bits per heavy atom. The van der Waals surface area contributed by atoms with E-state index in [0.717, 1.165) is 0 Å². The minimum Gasteiger partial charge on any atom is -0.497 e. The van der Waals surface area contributed by atoms with Gasteiger partial charge in [0.05, 0.1) is 38.3 Å². The van der Waals surface area contributed by atoms with Crippen molar-refractivity contribution in [1.82, 2.24) is 0 Å². The molecule has 2 bridgehead atoms. The summed E-state index contributed by atoms with van der Waals surface area (Å²) in [6.45, 7) is 0. The first-order valence-electron chi connectivity index (χ1n) is 7.45. The largest absolute Gasteiger partial charge is 0.497 e. The number of hydrogen-bond acceptors (Lipinski definition) is 5. The number of carboxylic acid groups (broad SMARTS) is 1. The summed E-state index contributed by atoms with van der Waals surface area (Å²) in [6, 6.07) is 5.00. The number of ether oxygens (including phenoxy) is 3. The van der Waals surface area contributed by atoms with Gasteiger partial charge in [-0.05, 0) is 12.8 Å². The molecule has 2 fully saturated rings. The molecule has 3 rings (SSSR count). The van der Waals surface area contributed by atoms with E-state index < -0.39 is 17.8 Å². The fourth-order valence-electron chi connectivity index (χ4n) is 3.43. The van der Waals surface area contributed by atoms with Crippen LogP contribution in [0.2, 0.25) is 0 Å². The maximum Gasteiger partial charge on any atom is 0.310 e. The molecule has 1 aromatic carbocycles. The smallest absolute Gasteiger partial charge is 0.310 e. The van der Waals surface area contributed by atoms with Crippen LogP contribution in [-0.2, 0) is 14.3 Å². The van der Waals surface area contributed by atoms with Crippen LogP contribution < -0.4 is 14.8 Å². The van der Waals surface area contributed by atoms with Crippen LogP contribution >= 0.6 is 0 Å². The van der Waals surface area contributed by atoms with Crippen molar-refractivity contribution < 1.29 is 28.9 Å². The average Bonchev–Trinajstić information content (AvgIpc) is 3.15. The molecule has 4 atom stereocenters. The number of methoxy groups -OCH3 is 2. The van der Waals surface area contributed by atoms with Crippen molar-refractivity contribution in [1.29, 1.82) is 0 Å². The summed E-state index contributed by atoms with van der Waals surface area (Å²) in [6.07, 6.45) is 0.716. The maximum absolute atomic E-state index is 12.6. The number of rotatable bonds is 5. The monoisotopic (exact) mass is 321 g/mol. The molecule has 7 heteroatoms. The molecule has 0 saturated carbocycles. The van der Waals surface area contributed by atoms with Gasteiger partial charge in [0.15, 0.2) is 0 Å². The Balaban J connectivity index is 1.80. The second kappa shape index (κ2) is 6.08. The molecule has 2 heterocycles.